The SMILES string of the molecule is CC1CCN(CCCNCc2cc(C#N)n(C)c2)CC1. The van der Waals surface area contributed by atoms with Gasteiger partial charge in [-0.1, -0.05) is 6.92 Å². The highest BCUT2D eigenvalue weighted by molar-refractivity contribution is 5.28. The van der Waals surface area contributed by atoms with Crippen LogP contribution in [0.2, 0.25) is 0 Å². The van der Waals surface area contributed by atoms with Crippen molar-refractivity contribution >= 4 is 0 Å². The van der Waals surface area contributed by atoms with E-state index >= 15 is 0 Å². The Morgan fingerprint density at radius 2 is 2.15 bits per heavy atom. The average Bonchev–Trinajstić information content (AvgIpc) is 2.81. The van der Waals surface area contributed by atoms with Crippen LogP contribution in [-0.4, -0.2) is 35.6 Å². The van der Waals surface area contributed by atoms with Gasteiger partial charge in [-0.2, -0.15) is 5.26 Å². The van der Waals surface area contributed by atoms with Crippen molar-refractivity contribution in [2.45, 2.75) is 32.7 Å². The maximum absolute atomic E-state index is 8.91. The van der Waals surface area contributed by atoms with E-state index in [0.717, 1.165) is 24.7 Å². The van der Waals surface area contributed by atoms with E-state index in [1.807, 2.05) is 23.9 Å². The molecular formula is C16H26N4. The Bertz CT molecular complexity index is 450. The van der Waals surface area contributed by atoms with Gasteiger partial charge in [-0.05, 0) is 63.0 Å². The van der Waals surface area contributed by atoms with Crippen LogP contribution in [0.5, 0.6) is 0 Å². The zero-order chi connectivity index (χ0) is 14.4. The Morgan fingerprint density at radius 1 is 1.40 bits per heavy atom. The van der Waals surface area contributed by atoms with Crippen LogP contribution >= 0.6 is 0 Å². The first-order valence-corrected chi connectivity index (χ1v) is 7.67. The lowest BCUT2D eigenvalue weighted by Gasteiger charge is -2.30. The van der Waals surface area contributed by atoms with Gasteiger partial charge in [-0.25, -0.2) is 0 Å². The molecule has 110 valence electrons. The molecule has 1 aromatic heterocycles. The first-order valence-electron chi connectivity index (χ1n) is 7.67. The van der Waals surface area contributed by atoms with Gasteiger partial charge < -0.3 is 14.8 Å². The fraction of sp³-hybridized carbons (Fsp3) is 0.688. The number of piperidine rings is 1. The number of nitrogens with zero attached hydrogens (tertiary/aromatic N) is 3. The quantitative estimate of drug-likeness (QED) is 0.808. The number of nitriles is 1. The van der Waals surface area contributed by atoms with Crippen molar-refractivity contribution < 1.29 is 0 Å². The molecule has 1 aromatic rings. The van der Waals surface area contributed by atoms with Crippen molar-refractivity contribution in [2.24, 2.45) is 13.0 Å². The third-order valence-corrected chi connectivity index (χ3v) is 4.21. The highest BCUT2D eigenvalue weighted by Crippen LogP contribution is 2.15. The van der Waals surface area contributed by atoms with Crippen LogP contribution in [-0.2, 0) is 13.6 Å². The van der Waals surface area contributed by atoms with Crippen LogP contribution in [0.1, 0.15) is 37.4 Å². The number of hydrogen-bond acceptors (Lipinski definition) is 3. The minimum Gasteiger partial charge on any atom is -0.342 e. The number of nitrogens with one attached hydrogen (secondary N) is 1. The summed E-state index contributed by atoms with van der Waals surface area (Å²) >= 11 is 0. The monoisotopic (exact) mass is 274 g/mol. The maximum Gasteiger partial charge on any atom is 0.120 e. The van der Waals surface area contributed by atoms with E-state index in [2.05, 4.69) is 23.2 Å². The number of hydrogen-bond donors (Lipinski definition) is 1. The lowest BCUT2D eigenvalue weighted by Crippen LogP contribution is -2.34. The van der Waals surface area contributed by atoms with Crippen molar-refractivity contribution in [3.8, 4) is 6.07 Å². The molecule has 2 heterocycles. The minimum atomic E-state index is 0.726. The lowest BCUT2D eigenvalue weighted by molar-refractivity contribution is 0.190. The topological polar surface area (TPSA) is 44.0 Å². The molecule has 0 atom stereocenters. The van der Waals surface area contributed by atoms with Gasteiger partial charge in [0.25, 0.3) is 0 Å². The van der Waals surface area contributed by atoms with E-state index in [-0.39, 0.29) is 0 Å². The van der Waals surface area contributed by atoms with Crippen molar-refractivity contribution in [3.63, 3.8) is 0 Å². The molecule has 1 aliphatic heterocycles. The van der Waals surface area contributed by atoms with Gasteiger partial charge in [0.05, 0.1) is 0 Å². The van der Waals surface area contributed by atoms with Gasteiger partial charge in [0, 0.05) is 19.8 Å². The van der Waals surface area contributed by atoms with E-state index in [9.17, 15) is 0 Å². The standard InChI is InChI=1S/C16H26N4/c1-14-4-8-20(9-5-14)7-3-6-18-12-15-10-16(11-17)19(2)13-15/h10,13-14,18H,3-9,12H2,1-2H3. The fourth-order valence-corrected chi connectivity index (χ4v) is 2.79. The van der Waals surface area contributed by atoms with E-state index in [4.69, 9.17) is 5.26 Å². The first kappa shape index (κ1) is 15.1. The van der Waals surface area contributed by atoms with Crippen LogP contribution in [0.25, 0.3) is 0 Å². The number of aryl methyl sites for hydroxylation is 1. The van der Waals surface area contributed by atoms with E-state index < -0.39 is 0 Å². The molecular weight excluding hydrogens is 248 g/mol. The summed E-state index contributed by atoms with van der Waals surface area (Å²) < 4.78 is 1.88. The van der Waals surface area contributed by atoms with Gasteiger partial charge in [-0.15, -0.1) is 0 Å². The van der Waals surface area contributed by atoms with Crippen LogP contribution in [0, 0.1) is 17.2 Å². The summed E-state index contributed by atoms with van der Waals surface area (Å²) in [5, 5.41) is 12.4. The molecule has 4 heteroatoms. The second kappa shape index (κ2) is 7.47. The summed E-state index contributed by atoms with van der Waals surface area (Å²) in [6.45, 7) is 8.00. The Kier molecular flexibility index (Phi) is 5.63. The largest absolute Gasteiger partial charge is 0.342 e. The first-order chi connectivity index (χ1) is 9.69. The third kappa shape index (κ3) is 4.36. The summed E-state index contributed by atoms with van der Waals surface area (Å²) in [6.07, 6.45) is 5.94. The molecule has 0 radical (unpaired) electrons. The Hall–Kier alpha value is -1.31. The van der Waals surface area contributed by atoms with Crippen LogP contribution in [0.4, 0.5) is 0 Å². The fourth-order valence-electron chi connectivity index (χ4n) is 2.79. The average molecular weight is 274 g/mol. The molecule has 4 nitrogen and oxygen atoms in total. The van der Waals surface area contributed by atoms with E-state index in [0.29, 0.717) is 0 Å². The molecule has 0 spiro atoms. The second-order valence-electron chi connectivity index (χ2n) is 6.01. The molecule has 0 saturated carbocycles. The Morgan fingerprint density at radius 3 is 2.80 bits per heavy atom. The van der Waals surface area contributed by atoms with Crippen molar-refractivity contribution in [1.82, 2.24) is 14.8 Å². The van der Waals surface area contributed by atoms with Gasteiger partial charge >= 0.3 is 0 Å². The number of aromatic nitrogens is 1. The molecule has 0 aliphatic carbocycles. The normalized spacial score (nSPS) is 17.2. The summed E-state index contributed by atoms with van der Waals surface area (Å²) in [7, 11) is 1.92. The number of likely N-dealkylation sites (tertiary alicyclic amines) is 1. The maximum atomic E-state index is 8.91. The molecule has 0 aromatic carbocycles. The molecule has 1 N–H and O–H groups in total. The summed E-state index contributed by atoms with van der Waals surface area (Å²) in [5.41, 5.74) is 1.92. The molecule has 2 rings (SSSR count). The molecule has 0 unspecified atom stereocenters. The highest BCUT2D eigenvalue weighted by atomic mass is 15.1. The summed E-state index contributed by atoms with van der Waals surface area (Å²) in [5.74, 6) is 0.914. The summed E-state index contributed by atoms with van der Waals surface area (Å²) in [6, 6.07) is 4.15. The molecule has 1 aliphatic rings. The second-order valence-corrected chi connectivity index (χ2v) is 6.01. The minimum absolute atomic E-state index is 0.726. The van der Waals surface area contributed by atoms with E-state index in [1.165, 1.54) is 44.5 Å². The van der Waals surface area contributed by atoms with Crippen LogP contribution in [0.15, 0.2) is 12.3 Å². The molecule has 0 bridgehead atoms. The highest BCUT2D eigenvalue weighted by Gasteiger charge is 2.14. The Balaban J connectivity index is 1.58. The Labute approximate surface area is 122 Å². The van der Waals surface area contributed by atoms with Crippen LogP contribution in [0.3, 0.4) is 0 Å². The van der Waals surface area contributed by atoms with Crippen LogP contribution < -0.4 is 5.32 Å². The predicted octanol–water partition coefficient (Wildman–Crippen LogP) is 2.11. The molecule has 1 fully saturated rings. The van der Waals surface area contributed by atoms with Gasteiger partial charge in [-0.3, -0.25) is 0 Å². The van der Waals surface area contributed by atoms with Gasteiger partial charge in [0.2, 0.25) is 0 Å². The van der Waals surface area contributed by atoms with Gasteiger partial charge in [0.1, 0.15) is 11.8 Å². The lowest BCUT2D eigenvalue weighted by atomic mass is 9.99. The van der Waals surface area contributed by atoms with Gasteiger partial charge in [0.15, 0.2) is 0 Å². The molecule has 20 heavy (non-hydrogen) atoms. The van der Waals surface area contributed by atoms with E-state index in [1.54, 1.807) is 0 Å². The zero-order valence-electron chi connectivity index (χ0n) is 12.7. The number of rotatable bonds is 6. The van der Waals surface area contributed by atoms with Crippen molar-refractivity contribution in [1.29, 1.82) is 5.26 Å². The molecule has 1 saturated heterocycles. The van der Waals surface area contributed by atoms with Crippen molar-refractivity contribution in [3.05, 3.63) is 23.5 Å². The third-order valence-electron chi connectivity index (χ3n) is 4.21. The zero-order valence-corrected chi connectivity index (χ0v) is 12.7. The smallest absolute Gasteiger partial charge is 0.120 e. The predicted molar refractivity (Wildman–Crippen MR) is 81.3 cm³/mol. The molecule has 0 amide bonds. The van der Waals surface area contributed by atoms with Crippen molar-refractivity contribution in [2.75, 3.05) is 26.2 Å². The summed E-state index contributed by atoms with van der Waals surface area (Å²) in [4.78, 5) is 2.58.